The summed E-state index contributed by atoms with van der Waals surface area (Å²) in [5.41, 5.74) is 7.46. The fourth-order valence-corrected chi connectivity index (χ4v) is 1.46. The van der Waals surface area contributed by atoms with E-state index >= 15 is 0 Å². The summed E-state index contributed by atoms with van der Waals surface area (Å²) in [6, 6.07) is 0. The smallest absolute Gasteiger partial charge is 0.325 e. The van der Waals surface area contributed by atoms with E-state index < -0.39 is 11.2 Å². The zero-order chi connectivity index (χ0) is 13.8. The van der Waals surface area contributed by atoms with Crippen LogP contribution in [0.25, 0.3) is 21.6 Å². The van der Waals surface area contributed by atoms with Crippen molar-refractivity contribution in [1.82, 2.24) is 19.5 Å². The van der Waals surface area contributed by atoms with Gasteiger partial charge in [0.25, 0.3) is 5.56 Å². The van der Waals surface area contributed by atoms with Crippen LogP contribution in [0.3, 0.4) is 0 Å². The van der Waals surface area contributed by atoms with E-state index in [2.05, 4.69) is 36.8 Å². The average Bonchev–Trinajstić information content (AvgIpc) is 2.81. The summed E-state index contributed by atoms with van der Waals surface area (Å²) < 4.78 is 1.22. The molecule has 0 aromatic carbocycles. The van der Waals surface area contributed by atoms with E-state index in [0.717, 1.165) is 0 Å². The number of aryl methyl sites for hydroxylation is 1. The fourth-order valence-electron chi connectivity index (χ4n) is 1.46. The molecule has 2 aromatic heterocycles. The number of nitrogens with zero attached hydrogens (tertiary/aromatic N) is 5. The average molecular weight is 259 g/mol. The predicted octanol–water partition coefficient (Wildman–Crippen LogP) is 0.00180. The molecule has 0 saturated carbocycles. The molecule has 0 spiro atoms. The summed E-state index contributed by atoms with van der Waals surface area (Å²) in [6.07, 6.45) is 0.385. The summed E-state index contributed by atoms with van der Waals surface area (Å²) in [6.45, 7) is 0.267. The highest BCUT2D eigenvalue weighted by molar-refractivity contribution is 5.70. The molecule has 9 nitrogen and oxygen atoms in total. The molecule has 0 amide bonds. The van der Waals surface area contributed by atoms with Crippen LogP contribution in [0.2, 0.25) is 0 Å². The minimum absolute atomic E-state index is 0.196. The van der Waals surface area contributed by atoms with Crippen LogP contribution in [0, 0.1) is 11.8 Å². The summed E-state index contributed by atoms with van der Waals surface area (Å²) in [7, 11) is 1.50. The second-order valence-corrected chi connectivity index (χ2v) is 3.61. The van der Waals surface area contributed by atoms with Gasteiger partial charge in [0.2, 0.25) is 0 Å². The molecule has 0 unspecified atom stereocenters. The first-order valence-corrected chi connectivity index (χ1v) is 5.32. The Balaban J connectivity index is 2.40. The molecule has 0 radical (unpaired) electrons. The van der Waals surface area contributed by atoms with Crippen molar-refractivity contribution in [3.05, 3.63) is 37.1 Å². The van der Waals surface area contributed by atoms with Crippen molar-refractivity contribution in [2.75, 3.05) is 6.54 Å². The largest absolute Gasteiger partial charge is 0.329 e. The minimum atomic E-state index is -0.535. The first-order chi connectivity index (χ1) is 9.13. The summed E-state index contributed by atoms with van der Waals surface area (Å²) >= 11 is 0. The SMILES string of the molecule is Cn1c(=O)[nH]c(=O)c2[nH]c(C#CCCN=[N+]=[N-])nc21. The van der Waals surface area contributed by atoms with Gasteiger partial charge in [0.1, 0.15) is 0 Å². The second-order valence-electron chi connectivity index (χ2n) is 3.61. The maximum atomic E-state index is 11.5. The van der Waals surface area contributed by atoms with Crippen molar-refractivity contribution < 1.29 is 0 Å². The van der Waals surface area contributed by atoms with Gasteiger partial charge in [-0.2, -0.15) is 0 Å². The zero-order valence-electron chi connectivity index (χ0n) is 9.97. The van der Waals surface area contributed by atoms with E-state index in [1.54, 1.807) is 0 Å². The van der Waals surface area contributed by atoms with Crippen LogP contribution >= 0.6 is 0 Å². The Morgan fingerprint density at radius 3 is 3.00 bits per heavy atom. The van der Waals surface area contributed by atoms with Crippen LogP contribution in [-0.4, -0.2) is 26.1 Å². The molecule has 96 valence electrons. The maximum absolute atomic E-state index is 11.5. The van der Waals surface area contributed by atoms with Gasteiger partial charge in [-0.15, -0.1) is 0 Å². The van der Waals surface area contributed by atoms with Crippen LogP contribution in [0.1, 0.15) is 12.2 Å². The van der Waals surface area contributed by atoms with Crippen LogP contribution in [0.15, 0.2) is 14.7 Å². The van der Waals surface area contributed by atoms with E-state index in [4.69, 9.17) is 5.53 Å². The van der Waals surface area contributed by atoms with E-state index in [1.165, 1.54) is 11.6 Å². The molecule has 2 N–H and O–H groups in total. The Morgan fingerprint density at radius 2 is 2.26 bits per heavy atom. The first kappa shape index (κ1) is 12.5. The van der Waals surface area contributed by atoms with Gasteiger partial charge in [0.15, 0.2) is 17.0 Å². The number of nitrogens with one attached hydrogen (secondary N) is 2. The molecule has 2 rings (SSSR count). The molecule has 0 bridgehead atoms. The number of H-pyrrole nitrogens is 2. The maximum Gasteiger partial charge on any atom is 0.329 e. The normalized spacial score (nSPS) is 9.74. The molecule has 0 aliphatic heterocycles. The molecule has 19 heavy (non-hydrogen) atoms. The van der Waals surface area contributed by atoms with Crippen molar-refractivity contribution in [2.45, 2.75) is 6.42 Å². The summed E-state index contributed by atoms with van der Waals surface area (Å²) in [5.74, 6) is 5.72. The van der Waals surface area contributed by atoms with Gasteiger partial charge in [0, 0.05) is 24.9 Å². The third-order valence-electron chi connectivity index (χ3n) is 2.36. The molecule has 0 fully saturated rings. The molecular weight excluding hydrogens is 250 g/mol. The third kappa shape index (κ3) is 2.48. The van der Waals surface area contributed by atoms with E-state index in [9.17, 15) is 9.59 Å². The number of aromatic nitrogens is 4. The molecular formula is C10H9N7O2. The number of hydrogen-bond donors (Lipinski definition) is 2. The van der Waals surface area contributed by atoms with Gasteiger partial charge in [-0.1, -0.05) is 11.0 Å². The highest BCUT2D eigenvalue weighted by Gasteiger charge is 2.08. The standard InChI is InChI=1S/C10H9N7O2/c1-17-8-7(9(18)15-10(17)19)13-6(14-8)4-2-3-5-12-16-11/h3,5H2,1H3,(H,13,14)(H,15,18,19). The van der Waals surface area contributed by atoms with Crippen LogP contribution in [0.5, 0.6) is 0 Å². The van der Waals surface area contributed by atoms with Crippen LogP contribution in [0.4, 0.5) is 0 Å². The lowest BCUT2D eigenvalue weighted by atomic mass is 10.4. The fraction of sp³-hybridized carbons (Fsp3) is 0.300. The number of hydrogen-bond acceptors (Lipinski definition) is 4. The van der Waals surface area contributed by atoms with Crippen LogP contribution in [-0.2, 0) is 7.05 Å². The predicted molar refractivity (Wildman–Crippen MR) is 67.5 cm³/mol. The number of azide groups is 1. The minimum Gasteiger partial charge on any atom is -0.325 e. The summed E-state index contributed by atoms with van der Waals surface area (Å²) in [4.78, 5) is 34.5. The van der Waals surface area contributed by atoms with Crippen molar-refractivity contribution in [3.63, 3.8) is 0 Å². The molecule has 2 aromatic rings. The lowest BCUT2D eigenvalue weighted by molar-refractivity contribution is 0.832. The number of aromatic amines is 2. The first-order valence-electron chi connectivity index (χ1n) is 5.32. The Bertz CT molecular complexity index is 839. The molecule has 9 heteroatoms. The Hall–Kier alpha value is -2.98. The highest BCUT2D eigenvalue weighted by Crippen LogP contribution is 2.02. The second kappa shape index (κ2) is 5.12. The quantitative estimate of drug-likeness (QED) is 0.258. The van der Waals surface area contributed by atoms with Crippen LogP contribution < -0.4 is 11.2 Å². The van der Waals surface area contributed by atoms with E-state index in [0.29, 0.717) is 6.42 Å². The molecule has 0 saturated heterocycles. The van der Waals surface area contributed by atoms with Gasteiger partial charge in [-0.05, 0) is 11.5 Å². The Morgan fingerprint density at radius 1 is 1.47 bits per heavy atom. The van der Waals surface area contributed by atoms with Gasteiger partial charge in [-0.3, -0.25) is 14.3 Å². The number of fused-ring (bicyclic) bond motifs is 1. The highest BCUT2D eigenvalue weighted by atomic mass is 16.2. The summed E-state index contributed by atoms with van der Waals surface area (Å²) in [5, 5.41) is 3.33. The lowest BCUT2D eigenvalue weighted by Crippen LogP contribution is -2.28. The van der Waals surface area contributed by atoms with E-state index in [1.807, 2.05) is 0 Å². The molecule has 0 aliphatic carbocycles. The third-order valence-corrected chi connectivity index (χ3v) is 2.36. The molecule has 2 heterocycles. The zero-order valence-corrected chi connectivity index (χ0v) is 9.97. The van der Waals surface area contributed by atoms with Crippen molar-refractivity contribution in [1.29, 1.82) is 0 Å². The van der Waals surface area contributed by atoms with Gasteiger partial charge < -0.3 is 4.98 Å². The Kier molecular flexibility index (Phi) is 3.36. The lowest BCUT2D eigenvalue weighted by Gasteiger charge is -1.94. The monoisotopic (exact) mass is 259 g/mol. The van der Waals surface area contributed by atoms with Gasteiger partial charge >= 0.3 is 5.69 Å². The van der Waals surface area contributed by atoms with Gasteiger partial charge in [-0.25, -0.2) is 9.78 Å². The van der Waals surface area contributed by atoms with Crippen molar-refractivity contribution >= 4 is 11.2 Å². The molecule has 0 atom stereocenters. The number of imidazole rings is 1. The number of rotatable bonds is 2. The van der Waals surface area contributed by atoms with Crippen molar-refractivity contribution in [3.8, 4) is 11.8 Å². The van der Waals surface area contributed by atoms with Crippen molar-refractivity contribution in [2.24, 2.45) is 12.2 Å². The van der Waals surface area contributed by atoms with E-state index in [-0.39, 0.29) is 23.5 Å². The van der Waals surface area contributed by atoms with Gasteiger partial charge in [0.05, 0.1) is 0 Å². The molecule has 0 aliphatic rings. The topological polar surface area (TPSA) is 132 Å². The Labute approximate surface area is 105 Å².